The van der Waals surface area contributed by atoms with Crippen LogP contribution in [-0.4, -0.2) is 16.9 Å². The van der Waals surface area contributed by atoms with Crippen LogP contribution in [0.5, 0.6) is 0 Å². The van der Waals surface area contributed by atoms with Gasteiger partial charge in [-0.15, -0.1) is 0 Å². The fraction of sp³-hybridized carbons (Fsp3) is 0.111. The SMILES string of the molecule is Cc1ccc(C=C2C(=O)c3ccccc3C2C(=O)O)cc1. The summed E-state index contributed by atoms with van der Waals surface area (Å²) >= 11 is 0. The van der Waals surface area contributed by atoms with Gasteiger partial charge in [-0.25, -0.2) is 0 Å². The first kappa shape index (κ1) is 13.3. The van der Waals surface area contributed by atoms with Gasteiger partial charge >= 0.3 is 5.97 Å². The zero-order valence-electron chi connectivity index (χ0n) is 11.5. The quantitative estimate of drug-likeness (QED) is 0.856. The molecule has 1 aliphatic rings. The van der Waals surface area contributed by atoms with Gasteiger partial charge in [0, 0.05) is 11.1 Å². The molecular formula is C18H14O3. The number of aryl methyl sites for hydroxylation is 1. The topological polar surface area (TPSA) is 54.4 Å². The molecule has 1 unspecified atom stereocenters. The number of carbonyl (C=O) groups excluding carboxylic acids is 1. The number of hydrogen-bond acceptors (Lipinski definition) is 2. The summed E-state index contributed by atoms with van der Waals surface area (Å²) in [6.07, 6.45) is 1.68. The maximum atomic E-state index is 12.5. The maximum absolute atomic E-state index is 12.5. The van der Waals surface area contributed by atoms with Crippen molar-refractivity contribution in [3.8, 4) is 0 Å². The summed E-state index contributed by atoms with van der Waals surface area (Å²) in [6.45, 7) is 1.98. The third kappa shape index (κ3) is 2.27. The van der Waals surface area contributed by atoms with Crippen LogP contribution in [0.25, 0.3) is 6.08 Å². The number of ketones is 1. The van der Waals surface area contributed by atoms with Gasteiger partial charge in [0.2, 0.25) is 0 Å². The summed E-state index contributed by atoms with van der Waals surface area (Å²) in [5, 5.41) is 9.48. The van der Waals surface area contributed by atoms with E-state index in [1.165, 1.54) is 0 Å². The van der Waals surface area contributed by atoms with Crippen LogP contribution in [0.4, 0.5) is 0 Å². The highest BCUT2D eigenvalue weighted by atomic mass is 16.4. The lowest BCUT2D eigenvalue weighted by molar-refractivity contribution is -0.137. The second-order valence-corrected chi connectivity index (χ2v) is 5.20. The molecule has 0 aromatic heterocycles. The minimum absolute atomic E-state index is 0.196. The first-order chi connectivity index (χ1) is 10.1. The molecule has 1 N–H and O–H groups in total. The predicted octanol–water partition coefficient (Wildman–Crippen LogP) is 3.44. The van der Waals surface area contributed by atoms with Crippen molar-refractivity contribution in [3.05, 3.63) is 76.4 Å². The molecular weight excluding hydrogens is 264 g/mol. The number of carboxylic acid groups (broad SMARTS) is 1. The molecule has 0 amide bonds. The highest BCUT2D eigenvalue weighted by molar-refractivity contribution is 6.20. The fourth-order valence-corrected chi connectivity index (χ4v) is 2.67. The molecule has 21 heavy (non-hydrogen) atoms. The van der Waals surface area contributed by atoms with Gasteiger partial charge in [0.25, 0.3) is 0 Å². The number of carboxylic acids is 1. The van der Waals surface area contributed by atoms with Crippen molar-refractivity contribution in [2.45, 2.75) is 12.8 Å². The van der Waals surface area contributed by atoms with E-state index in [1.54, 1.807) is 30.3 Å². The van der Waals surface area contributed by atoms with Gasteiger partial charge in [0.1, 0.15) is 5.92 Å². The first-order valence-corrected chi connectivity index (χ1v) is 6.72. The molecule has 0 radical (unpaired) electrons. The van der Waals surface area contributed by atoms with Crippen LogP contribution in [0.1, 0.15) is 33.0 Å². The van der Waals surface area contributed by atoms with Gasteiger partial charge in [0.05, 0.1) is 0 Å². The Labute approximate surface area is 122 Å². The van der Waals surface area contributed by atoms with Crippen molar-refractivity contribution in [2.75, 3.05) is 0 Å². The summed E-state index contributed by atoms with van der Waals surface area (Å²) in [6, 6.07) is 14.6. The Morgan fingerprint density at radius 1 is 1.10 bits per heavy atom. The lowest BCUT2D eigenvalue weighted by Crippen LogP contribution is -2.11. The Morgan fingerprint density at radius 2 is 1.76 bits per heavy atom. The Morgan fingerprint density at radius 3 is 2.43 bits per heavy atom. The highest BCUT2D eigenvalue weighted by Crippen LogP contribution is 2.38. The van der Waals surface area contributed by atoms with Crippen molar-refractivity contribution in [2.24, 2.45) is 0 Å². The van der Waals surface area contributed by atoms with E-state index in [-0.39, 0.29) is 5.78 Å². The molecule has 0 heterocycles. The van der Waals surface area contributed by atoms with Crippen LogP contribution < -0.4 is 0 Å². The largest absolute Gasteiger partial charge is 0.481 e. The average molecular weight is 278 g/mol. The van der Waals surface area contributed by atoms with E-state index in [0.717, 1.165) is 11.1 Å². The Bertz CT molecular complexity index is 754. The molecule has 3 rings (SSSR count). The van der Waals surface area contributed by atoms with Crippen molar-refractivity contribution < 1.29 is 14.7 Å². The molecule has 104 valence electrons. The second kappa shape index (κ2) is 5.02. The monoisotopic (exact) mass is 278 g/mol. The van der Waals surface area contributed by atoms with Gasteiger partial charge in [0.15, 0.2) is 5.78 Å². The lowest BCUT2D eigenvalue weighted by atomic mass is 9.96. The van der Waals surface area contributed by atoms with Crippen LogP contribution in [0, 0.1) is 6.92 Å². The van der Waals surface area contributed by atoms with Gasteiger partial charge in [-0.1, -0.05) is 54.1 Å². The smallest absolute Gasteiger partial charge is 0.315 e. The third-order valence-electron chi connectivity index (χ3n) is 3.74. The molecule has 0 spiro atoms. The molecule has 0 saturated carbocycles. The summed E-state index contributed by atoms with van der Waals surface area (Å²) in [7, 11) is 0. The standard InChI is InChI=1S/C18H14O3/c1-11-6-8-12(9-7-11)10-15-16(18(20)21)13-4-2-3-5-14(13)17(15)19/h2-10,16H,1H3,(H,20,21). The molecule has 1 aliphatic carbocycles. The Kier molecular flexibility index (Phi) is 3.18. The molecule has 2 aromatic rings. The summed E-state index contributed by atoms with van der Waals surface area (Å²) < 4.78 is 0. The minimum atomic E-state index is -0.994. The molecule has 3 heteroatoms. The zero-order chi connectivity index (χ0) is 15.0. The zero-order valence-corrected chi connectivity index (χ0v) is 11.5. The lowest BCUT2D eigenvalue weighted by Gasteiger charge is -2.07. The van der Waals surface area contributed by atoms with Crippen LogP contribution in [-0.2, 0) is 4.79 Å². The Balaban J connectivity index is 2.12. The van der Waals surface area contributed by atoms with Crippen molar-refractivity contribution in [3.63, 3.8) is 0 Å². The molecule has 2 aromatic carbocycles. The number of carbonyl (C=O) groups is 2. The first-order valence-electron chi connectivity index (χ1n) is 6.72. The predicted molar refractivity (Wildman–Crippen MR) is 80.3 cm³/mol. The molecule has 0 fully saturated rings. The molecule has 0 saturated heterocycles. The number of fused-ring (bicyclic) bond motifs is 1. The minimum Gasteiger partial charge on any atom is -0.481 e. The van der Waals surface area contributed by atoms with Gasteiger partial charge < -0.3 is 5.11 Å². The van der Waals surface area contributed by atoms with Crippen LogP contribution in [0.3, 0.4) is 0 Å². The van der Waals surface area contributed by atoms with Crippen LogP contribution in [0.15, 0.2) is 54.1 Å². The van der Waals surface area contributed by atoms with Gasteiger partial charge in [-0.05, 0) is 24.1 Å². The van der Waals surface area contributed by atoms with E-state index < -0.39 is 11.9 Å². The maximum Gasteiger partial charge on any atom is 0.315 e. The normalized spacial score (nSPS) is 18.8. The molecule has 3 nitrogen and oxygen atoms in total. The van der Waals surface area contributed by atoms with Crippen LogP contribution in [0.2, 0.25) is 0 Å². The summed E-state index contributed by atoms with van der Waals surface area (Å²) in [5.41, 5.74) is 3.35. The van der Waals surface area contributed by atoms with Gasteiger partial charge in [-0.2, -0.15) is 0 Å². The van der Waals surface area contributed by atoms with Crippen molar-refractivity contribution in [1.82, 2.24) is 0 Å². The van der Waals surface area contributed by atoms with E-state index in [1.807, 2.05) is 31.2 Å². The van der Waals surface area contributed by atoms with E-state index in [2.05, 4.69) is 0 Å². The average Bonchev–Trinajstić information content (AvgIpc) is 2.75. The van der Waals surface area contributed by atoms with Crippen molar-refractivity contribution in [1.29, 1.82) is 0 Å². The number of hydrogen-bond donors (Lipinski definition) is 1. The highest BCUT2D eigenvalue weighted by Gasteiger charge is 2.38. The number of rotatable bonds is 2. The third-order valence-corrected chi connectivity index (χ3v) is 3.74. The number of benzene rings is 2. The molecule has 0 aliphatic heterocycles. The van der Waals surface area contributed by atoms with E-state index in [4.69, 9.17) is 0 Å². The van der Waals surface area contributed by atoms with Crippen molar-refractivity contribution >= 4 is 17.8 Å². The summed E-state index contributed by atoms with van der Waals surface area (Å²) in [5.74, 6) is -2.07. The molecule has 1 atom stereocenters. The number of Topliss-reactive ketones (excluding diaryl/α,β-unsaturated/α-hetero) is 1. The van der Waals surface area contributed by atoms with Gasteiger partial charge in [-0.3, -0.25) is 9.59 Å². The summed E-state index contributed by atoms with van der Waals surface area (Å²) in [4.78, 5) is 24.0. The van der Waals surface area contributed by atoms with Crippen LogP contribution >= 0.6 is 0 Å². The number of aliphatic carboxylic acids is 1. The second-order valence-electron chi connectivity index (χ2n) is 5.20. The fourth-order valence-electron chi connectivity index (χ4n) is 2.67. The molecule has 0 bridgehead atoms. The Hall–Kier alpha value is -2.68. The van der Waals surface area contributed by atoms with E-state index >= 15 is 0 Å². The van der Waals surface area contributed by atoms with E-state index in [9.17, 15) is 14.7 Å². The van der Waals surface area contributed by atoms with E-state index in [0.29, 0.717) is 16.7 Å².